The Labute approximate surface area is 194 Å². The molecule has 0 aliphatic heterocycles. The highest BCUT2D eigenvalue weighted by Gasteiger charge is 2.21. The molecule has 0 amide bonds. The average Bonchev–Trinajstić information content (AvgIpc) is 3.25. The normalized spacial score (nSPS) is 12.1. The number of nitrogen functional groups attached to an aromatic ring is 1. The summed E-state index contributed by atoms with van der Waals surface area (Å²) in [4.78, 5) is 22.2. The molecule has 8 nitrogen and oxygen atoms in total. The van der Waals surface area contributed by atoms with Gasteiger partial charge >= 0.3 is 0 Å². The van der Waals surface area contributed by atoms with Crippen molar-refractivity contribution in [2.45, 2.75) is 19.9 Å². The van der Waals surface area contributed by atoms with Crippen LogP contribution < -0.4 is 11.1 Å². The smallest absolute Gasteiger partial charge is 0.233 e. The predicted molar refractivity (Wildman–Crippen MR) is 129 cm³/mol. The van der Waals surface area contributed by atoms with Gasteiger partial charge in [-0.05, 0) is 38.1 Å². The molecule has 1 aromatic carbocycles. The van der Waals surface area contributed by atoms with Gasteiger partial charge in [-0.15, -0.1) is 0 Å². The topological polar surface area (TPSA) is 116 Å². The zero-order valence-corrected chi connectivity index (χ0v) is 18.7. The highest BCUT2D eigenvalue weighted by Crippen LogP contribution is 2.36. The van der Waals surface area contributed by atoms with Gasteiger partial charge in [-0.3, -0.25) is 4.98 Å². The van der Waals surface area contributed by atoms with Gasteiger partial charge in [0.2, 0.25) is 5.89 Å². The van der Waals surface area contributed by atoms with E-state index in [-0.39, 0.29) is 11.9 Å². The third-order valence-electron chi connectivity index (χ3n) is 5.27. The van der Waals surface area contributed by atoms with Crippen LogP contribution in [0.1, 0.15) is 24.3 Å². The van der Waals surface area contributed by atoms with E-state index >= 15 is 0 Å². The number of halogens is 1. The Morgan fingerprint density at radius 2 is 1.94 bits per heavy atom. The minimum Gasteiger partial charge on any atom is -0.441 e. The standard InChI is InChI=1S/C24H20ClN7O/c1-13-11-28-24(33-13)19-22(26)29-12-30-23(19)31-14(2)16-10-15-6-5-7-17(25)20(15)32-21(16)18-8-3-4-9-27-18/h3-12,14H,1-2H3,(H3,26,29,30,31). The van der Waals surface area contributed by atoms with E-state index in [4.69, 9.17) is 26.7 Å². The number of hydrogen-bond acceptors (Lipinski definition) is 8. The van der Waals surface area contributed by atoms with Crippen molar-refractivity contribution in [1.29, 1.82) is 0 Å². The molecule has 0 spiro atoms. The lowest BCUT2D eigenvalue weighted by atomic mass is 10.0. The average molecular weight is 458 g/mol. The van der Waals surface area contributed by atoms with E-state index in [2.05, 4.69) is 31.3 Å². The van der Waals surface area contributed by atoms with Gasteiger partial charge in [0.1, 0.15) is 29.3 Å². The first-order chi connectivity index (χ1) is 16.0. The summed E-state index contributed by atoms with van der Waals surface area (Å²) in [6.07, 6.45) is 4.77. The lowest BCUT2D eigenvalue weighted by molar-refractivity contribution is 0.542. The van der Waals surface area contributed by atoms with Crippen LogP contribution in [-0.2, 0) is 0 Å². The van der Waals surface area contributed by atoms with E-state index in [1.807, 2.05) is 50.2 Å². The number of benzene rings is 1. The van der Waals surface area contributed by atoms with E-state index in [1.54, 1.807) is 12.4 Å². The van der Waals surface area contributed by atoms with Crippen molar-refractivity contribution in [3.05, 3.63) is 77.5 Å². The number of nitrogens with one attached hydrogen (secondary N) is 1. The number of pyridine rings is 2. The molecule has 4 aromatic heterocycles. The summed E-state index contributed by atoms with van der Waals surface area (Å²) in [5.74, 6) is 1.80. The Morgan fingerprint density at radius 3 is 2.70 bits per heavy atom. The summed E-state index contributed by atoms with van der Waals surface area (Å²) < 4.78 is 5.69. The lowest BCUT2D eigenvalue weighted by Gasteiger charge is -2.20. The maximum absolute atomic E-state index is 6.44. The van der Waals surface area contributed by atoms with Gasteiger partial charge in [0.25, 0.3) is 0 Å². The van der Waals surface area contributed by atoms with Crippen molar-refractivity contribution in [2.75, 3.05) is 11.1 Å². The van der Waals surface area contributed by atoms with Crippen LogP contribution in [0.15, 0.2) is 65.6 Å². The Balaban J connectivity index is 1.63. The minimum absolute atomic E-state index is 0.220. The van der Waals surface area contributed by atoms with Crippen molar-refractivity contribution < 1.29 is 4.42 Å². The van der Waals surface area contributed by atoms with Crippen molar-refractivity contribution in [1.82, 2.24) is 24.9 Å². The molecule has 0 saturated carbocycles. The first-order valence-corrected chi connectivity index (χ1v) is 10.7. The second-order valence-electron chi connectivity index (χ2n) is 7.58. The van der Waals surface area contributed by atoms with Gasteiger partial charge in [-0.1, -0.05) is 29.8 Å². The predicted octanol–water partition coefficient (Wildman–Crippen LogP) is 5.46. The fourth-order valence-electron chi connectivity index (χ4n) is 3.69. The molecule has 0 fully saturated rings. The number of rotatable bonds is 5. The summed E-state index contributed by atoms with van der Waals surface area (Å²) >= 11 is 6.44. The Bertz CT molecular complexity index is 1450. The highest BCUT2D eigenvalue weighted by atomic mass is 35.5. The molecular formula is C24H20ClN7O. The lowest BCUT2D eigenvalue weighted by Crippen LogP contribution is -2.13. The van der Waals surface area contributed by atoms with Crippen LogP contribution in [0.2, 0.25) is 5.02 Å². The number of aryl methyl sites for hydroxylation is 1. The molecule has 1 atom stereocenters. The van der Waals surface area contributed by atoms with E-state index in [0.717, 1.165) is 27.9 Å². The molecule has 3 N–H and O–H groups in total. The number of nitrogens with two attached hydrogens (primary N) is 1. The second-order valence-corrected chi connectivity index (χ2v) is 7.98. The molecule has 0 radical (unpaired) electrons. The van der Waals surface area contributed by atoms with E-state index in [9.17, 15) is 0 Å². The maximum Gasteiger partial charge on any atom is 0.233 e. The van der Waals surface area contributed by atoms with Gasteiger partial charge in [-0.25, -0.2) is 19.9 Å². The number of para-hydroxylation sites is 1. The molecule has 0 bridgehead atoms. The molecule has 33 heavy (non-hydrogen) atoms. The Morgan fingerprint density at radius 1 is 1.06 bits per heavy atom. The Hall–Kier alpha value is -4.04. The maximum atomic E-state index is 6.44. The Kier molecular flexibility index (Phi) is 5.35. The number of aromatic nitrogens is 5. The minimum atomic E-state index is -0.220. The third-order valence-corrected chi connectivity index (χ3v) is 5.57. The summed E-state index contributed by atoms with van der Waals surface area (Å²) in [6, 6.07) is 13.3. The van der Waals surface area contributed by atoms with Gasteiger partial charge in [0.05, 0.1) is 34.2 Å². The number of nitrogens with zero attached hydrogens (tertiary/aromatic N) is 5. The summed E-state index contributed by atoms with van der Waals surface area (Å²) in [6.45, 7) is 3.83. The fourth-order valence-corrected chi connectivity index (χ4v) is 3.91. The monoisotopic (exact) mass is 457 g/mol. The molecular weight excluding hydrogens is 438 g/mol. The molecule has 0 saturated heterocycles. The first-order valence-electron chi connectivity index (χ1n) is 10.3. The van der Waals surface area contributed by atoms with Crippen molar-refractivity contribution >= 4 is 34.1 Å². The van der Waals surface area contributed by atoms with Gasteiger partial charge in [-0.2, -0.15) is 0 Å². The first kappa shape index (κ1) is 20.8. The van der Waals surface area contributed by atoms with Gasteiger partial charge in [0, 0.05) is 17.1 Å². The molecule has 4 heterocycles. The van der Waals surface area contributed by atoms with E-state index in [1.165, 1.54) is 6.33 Å². The summed E-state index contributed by atoms with van der Waals surface area (Å²) in [7, 11) is 0. The van der Waals surface area contributed by atoms with Crippen LogP contribution in [0.25, 0.3) is 33.7 Å². The van der Waals surface area contributed by atoms with Crippen LogP contribution in [-0.4, -0.2) is 24.9 Å². The third kappa shape index (κ3) is 3.96. The van der Waals surface area contributed by atoms with Crippen LogP contribution in [0.4, 0.5) is 11.6 Å². The highest BCUT2D eigenvalue weighted by molar-refractivity contribution is 6.35. The number of hydrogen-bond donors (Lipinski definition) is 2. The molecule has 1 unspecified atom stereocenters. The summed E-state index contributed by atoms with van der Waals surface area (Å²) in [5.41, 5.74) is 9.79. The van der Waals surface area contributed by atoms with Crippen molar-refractivity contribution in [3.63, 3.8) is 0 Å². The van der Waals surface area contributed by atoms with Crippen molar-refractivity contribution in [3.8, 4) is 22.8 Å². The van der Waals surface area contributed by atoms with Crippen LogP contribution in [0.5, 0.6) is 0 Å². The fraction of sp³-hybridized carbons (Fsp3) is 0.125. The van der Waals surface area contributed by atoms with E-state index in [0.29, 0.717) is 28.1 Å². The zero-order valence-electron chi connectivity index (χ0n) is 18.0. The van der Waals surface area contributed by atoms with Crippen LogP contribution in [0.3, 0.4) is 0 Å². The van der Waals surface area contributed by atoms with Crippen LogP contribution in [0, 0.1) is 6.92 Å². The summed E-state index contributed by atoms with van der Waals surface area (Å²) in [5, 5.41) is 4.95. The largest absolute Gasteiger partial charge is 0.441 e. The van der Waals surface area contributed by atoms with Crippen molar-refractivity contribution in [2.24, 2.45) is 0 Å². The zero-order chi connectivity index (χ0) is 22.9. The van der Waals surface area contributed by atoms with E-state index < -0.39 is 0 Å². The van der Waals surface area contributed by atoms with Crippen LogP contribution >= 0.6 is 11.6 Å². The second kappa shape index (κ2) is 8.48. The SMILES string of the molecule is Cc1cnc(-c2c(N)ncnc2NC(C)c2cc3cccc(Cl)c3nc2-c2ccccn2)o1. The number of anilines is 2. The quantitative estimate of drug-likeness (QED) is 0.357. The number of oxazole rings is 1. The molecule has 5 rings (SSSR count). The number of fused-ring (bicyclic) bond motifs is 1. The molecule has 0 aliphatic rings. The molecule has 0 aliphatic carbocycles. The molecule has 9 heteroatoms. The molecule has 164 valence electrons. The molecule has 5 aromatic rings. The van der Waals surface area contributed by atoms with Gasteiger partial charge < -0.3 is 15.5 Å². The van der Waals surface area contributed by atoms with Gasteiger partial charge in [0.15, 0.2) is 0 Å².